The Bertz CT molecular complexity index is 854. The Morgan fingerprint density at radius 3 is 2.50 bits per heavy atom. The Hall–Kier alpha value is -2.13. The molecule has 0 heterocycles. The summed E-state index contributed by atoms with van der Waals surface area (Å²) >= 11 is 0. The van der Waals surface area contributed by atoms with E-state index in [1.54, 1.807) is 7.05 Å². The van der Waals surface area contributed by atoms with Crippen molar-refractivity contribution in [1.29, 1.82) is 0 Å². The first-order chi connectivity index (χ1) is 15.2. The Morgan fingerprint density at radius 1 is 1.06 bits per heavy atom. The number of carbonyl (C=O) groups is 1. The molecule has 0 radical (unpaired) electrons. The zero-order chi connectivity index (χ0) is 21.9. The maximum atomic E-state index is 12.5. The molecule has 1 saturated carbocycles. The van der Waals surface area contributed by atoms with E-state index in [-0.39, 0.29) is 48.3 Å². The third-order valence-corrected chi connectivity index (χ3v) is 5.86. The van der Waals surface area contributed by atoms with Gasteiger partial charge in [-0.15, -0.1) is 24.0 Å². The molecule has 6 nitrogen and oxygen atoms in total. The minimum atomic E-state index is -0.00178. The molecule has 0 bridgehead atoms. The van der Waals surface area contributed by atoms with Gasteiger partial charge in [-0.2, -0.15) is 0 Å². The van der Waals surface area contributed by atoms with Crippen LogP contribution in [0.4, 0.5) is 5.69 Å². The zero-order valence-corrected chi connectivity index (χ0v) is 21.0. The van der Waals surface area contributed by atoms with Gasteiger partial charge in [-0.1, -0.05) is 61.7 Å². The van der Waals surface area contributed by atoms with Crippen LogP contribution in [-0.4, -0.2) is 37.2 Å². The summed E-state index contributed by atoms with van der Waals surface area (Å²) in [6.07, 6.45) is 5.52. The standard InChI is InChI=1S/C25H34N4O2.HI/c1-26-25(28-17-22(18-30)20-10-4-2-5-11-20)27-16-19-9-8-14-23(15-19)29-24(31)21-12-6-3-7-13-21;/h2,4-5,8-11,14-15,21-22,30H,3,6-7,12-13,16-18H2,1H3,(H,29,31)(H2,26,27,28);1H. The summed E-state index contributed by atoms with van der Waals surface area (Å²) in [5.41, 5.74) is 2.99. The molecule has 1 amide bonds. The number of amides is 1. The molecular formula is C25H35IN4O2. The molecule has 0 saturated heterocycles. The lowest BCUT2D eigenvalue weighted by molar-refractivity contribution is -0.120. The molecule has 1 fully saturated rings. The molecule has 1 atom stereocenters. The molecule has 4 N–H and O–H groups in total. The van der Waals surface area contributed by atoms with E-state index in [0.29, 0.717) is 19.0 Å². The van der Waals surface area contributed by atoms with Crippen LogP contribution in [0.3, 0.4) is 0 Å². The van der Waals surface area contributed by atoms with Gasteiger partial charge in [-0.05, 0) is 36.1 Å². The number of nitrogens with zero attached hydrogens (tertiary/aromatic N) is 1. The van der Waals surface area contributed by atoms with Crippen molar-refractivity contribution < 1.29 is 9.90 Å². The number of guanidine groups is 1. The Balaban J connectivity index is 0.00000363. The summed E-state index contributed by atoms with van der Waals surface area (Å²) < 4.78 is 0. The molecule has 3 rings (SSSR count). The van der Waals surface area contributed by atoms with Gasteiger partial charge in [0.1, 0.15) is 0 Å². The van der Waals surface area contributed by atoms with Crippen LogP contribution < -0.4 is 16.0 Å². The number of aliphatic imine (C=N–C) groups is 1. The molecule has 1 unspecified atom stereocenters. The second-order valence-corrected chi connectivity index (χ2v) is 8.12. The van der Waals surface area contributed by atoms with Gasteiger partial charge < -0.3 is 21.1 Å². The summed E-state index contributed by atoms with van der Waals surface area (Å²) in [6.45, 7) is 1.23. The molecule has 0 spiro atoms. The van der Waals surface area contributed by atoms with Crippen molar-refractivity contribution in [2.45, 2.75) is 44.6 Å². The molecule has 0 aliphatic heterocycles. The number of benzene rings is 2. The first-order valence-electron chi connectivity index (χ1n) is 11.2. The Labute approximate surface area is 208 Å². The molecule has 174 valence electrons. The van der Waals surface area contributed by atoms with E-state index < -0.39 is 0 Å². The van der Waals surface area contributed by atoms with Crippen molar-refractivity contribution in [2.75, 3.05) is 25.5 Å². The number of halogens is 1. The van der Waals surface area contributed by atoms with Crippen LogP contribution in [0.2, 0.25) is 0 Å². The van der Waals surface area contributed by atoms with Crippen LogP contribution in [0.5, 0.6) is 0 Å². The lowest BCUT2D eigenvalue weighted by Crippen LogP contribution is -2.39. The summed E-state index contributed by atoms with van der Waals surface area (Å²) in [6, 6.07) is 17.9. The Morgan fingerprint density at radius 2 is 1.81 bits per heavy atom. The zero-order valence-electron chi connectivity index (χ0n) is 18.7. The fourth-order valence-corrected chi connectivity index (χ4v) is 4.01. The highest BCUT2D eigenvalue weighted by Crippen LogP contribution is 2.25. The summed E-state index contributed by atoms with van der Waals surface area (Å²) in [7, 11) is 1.73. The van der Waals surface area contributed by atoms with Gasteiger partial charge in [0.05, 0.1) is 6.61 Å². The van der Waals surface area contributed by atoms with E-state index in [2.05, 4.69) is 20.9 Å². The van der Waals surface area contributed by atoms with Crippen LogP contribution in [0.25, 0.3) is 0 Å². The van der Waals surface area contributed by atoms with Crippen LogP contribution in [-0.2, 0) is 11.3 Å². The number of aliphatic hydroxyl groups excluding tert-OH is 1. The highest BCUT2D eigenvalue weighted by molar-refractivity contribution is 14.0. The van der Waals surface area contributed by atoms with Gasteiger partial charge in [0.15, 0.2) is 5.96 Å². The van der Waals surface area contributed by atoms with Gasteiger partial charge in [-0.3, -0.25) is 9.79 Å². The SMILES string of the molecule is CN=C(NCc1cccc(NC(=O)C2CCCCC2)c1)NCC(CO)c1ccccc1.I. The predicted molar refractivity (Wildman–Crippen MR) is 142 cm³/mol. The van der Waals surface area contributed by atoms with Crippen LogP contribution in [0.1, 0.15) is 49.1 Å². The highest BCUT2D eigenvalue weighted by atomic mass is 127. The van der Waals surface area contributed by atoms with Crippen molar-refractivity contribution in [3.05, 3.63) is 65.7 Å². The number of nitrogens with one attached hydrogen (secondary N) is 3. The molecule has 2 aromatic carbocycles. The van der Waals surface area contributed by atoms with Gasteiger partial charge in [-0.25, -0.2) is 0 Å². The number of hydrogen-bond acceptors (Lipinski definition) is 3. The van der Waals surface area contributed by atoms with Crippen LogP contribution in [0.15, 0.2) is 59.6 Å². The first kappa shape index (κ1) is 26.1. The monoisotopic (exact) mass is 550 g/mol. The van der Waals surface area contributed by atoms with Gasteiger partial charge >= 0.3 is 0 Å². The Kier molecular flexibility index (Phi) is 11.5. The second kappa shape index (κ2) is 14.1. The van der Waals surface area contributed by atoms with Crippen LogP contribution in [0, 0.1) is 5.92 Å². The normalized spacial score (nSPS) is 15.4. The van der Waals surface area contributed by atoms with Crippen molar-refractivity contribution in [2.24, 2.45) is 10.9 Å². The van der Waals surface area contributed by atoms with E-state index in [1.807, 2.05) is 54.6 Å². The number of rotatable bonds is 8. The molecule has 1 aliphatic carbocycles. The van der Waals surface area contributed by atoms with E-state index >= 15 is 0 Å². The number of anilines is 1. The van der Waals surface area contributed by atoms with Gasteiger partial charge in [0.25, 0.3) is 0 Å². The summed E-state index contributed by atoms with van der Waals surface area (Å²) in [5, 5.41) is 19.4. The fraction of sp³-hybridized carbons (Fsp3) is 0.440. The molecule has 1 aliphatic rings. The van der Waals surface area contributed by atoms with E-state index in [4.69, 9.17) is 0 Å². The number of carbonyl (C=O) groups excluding carboxylic acids is 1. The molecule has 7 heteroatoms. The minimum absolute atomic E-state index is 0. The molecule has 32 heavy (non-hydrogen) atoms. The summed E-state index contributed by atoms with van der Waals surface area (Å²) in [5.74, 6) is 0.949. The average molecular weight is 550 g/mol. The first-order valence-corrected chi connectivity index (χ1v) is 11.2. The maximum Gasteiger partial charge on any atom is 0.227 e. The second-order valence-electron chi connectivity index (χ2n) is 8.12. The smallest absolute Gasteiger partial charge is 0.227 e. The quantitative estimate of drug-likeness (QED) is 0.225. The minimum Gasteiger partial charge on any atom is -0.396 e. The van der Waals surface area contributed by atoms with E-state index in [9.17, 15) is 9.90 Å². The lowest BCUT2D eigenvalue weighted by atomic mass is 9.88. The number of aliphatic hydroxyl groups is 1. The third-order valence-electron chi connectivity index (χ3n) is 5.86. The van der Waals surface area contributed by atoms with Crippen molar-refractivity contribution >= 4 is 41.5 Å². The predicted octanol–water partition coefficient (Wildman–Crippen LogP) is 4.26. The topological polar surface area (TPSA) is 85.8 Å². The van der Waals surface area contributed by atoms with Crippen molar-refractivity contribution in [3.8, 4) is 0 Å². The molecular weight excluding hydrogens is 515 g/mol. The third kappa shape index (κ3) is 8.09. The summed E-state index contributed by atoms with van der Waals surface area (Å²) in [4.78, 5) is 16.8. The van der Waals surface area contributed by atoms with E-state index in [1.165, 1.54) is 6.42 Å². The van der Waals surface area contributed by atoms with Gasteiger partial charge in [0, 0.05) is 37.7 Å². The number of hydrogen-bond donors (Lipinski definition) is 4. The van der Waals surface area contributed by atoms with Crippen molar-refractivity contribution in [3.63, 3.8) is 0 Å². The lowest BCUT2D eigenvalue weighted by Gasteiger charge is -2.21. The van der Waals surface area contributed by atoms with Gasteiger partial charge in [0.2, 0.25) is 5.91 Å². The molecule has 0 aromatic heterocycles. The van der Waals surface area contributed by atoms with E-state index in [0.717, 1.165) is 42.5 Å². The fourth-order valence-electron chi connectivity index (χ4n) is 4.01. The van der Waals surface area contributed by atoms with Crippen LogP contribution >= 0.6 is 24.0 Å². The molecule has 2 aromatic rings. The highest BCUT2D eigenvalue weighted by Gasteiger charge is 2.21. The average Bonchev–Trinajstić information content (AvgIpc) is 2.83. The largest absolute Gasteiger partial charge is 0.396 e. The maximum absolute atomic E-state index is 12.5. The van der Waals surface area contributed by atoms with Crippen molar-refractivity contribution in [1.82, 2.24) is 10.6 Å².